The topological polar surface area (TPSA) is 65.1 Å². The summed E-state index contributed by atoms with van der Waals surface area (Å²) >= 11 is 0. The van der Waals surface area contributed by atoms with Crippen LogP contribution in [0.1, 0.15) is 38.2 Å². The first-order valence-corrected chi connectivity index (χ1v) is 10.5. The van der Waals surface area contributed by atoms with Crippen LogP contribution in [0.2, 0.25) is 0 Å². The van der Waals surface area contributed by atoms with E-state index < -0.39 is 11.6 Å². The standard InChI is InChI=1S/C24H25F3N2O2/c1-12(2)20(11-30)28-24(31)15-7-14(8-15)21-18-9-17(26)10-19(27)23(18)29-22(21)13-3-5-16(25)6-4-13/h3-6,9-10,12,14-15,20,29-30H,7-8,11H2,1-2H3,(H,28,31)/t14-,15-,20?. The number of benzene rings is 2. The van der Waals surface area contributed by atoms with E-state index in [1.807, 2.05) is 13.8 Å². The molecule has 0 aliphatic heterocycles. The number of carbonyl (C=O) groups is 1. The second-order valence-corrected chi connectivity index (χ2v) is 8.64. The lowest BCUT2D eigenvalue weighted by Gasteiger charge is -2.36. The molecule has 4 rings (SSSR count). The Morgan fingerprint density at radius 1 is 1.13 bits per heavy atom. The summed E-state index contributed by atoms with van der Waals surface area (Å²) in [7, 11) is 0. The molecule has 7 heteroatoms. The van der Waals surface area contributed by atoms with Gasteiger partial charge >= 0.3 is 0 Å². The van der Waals surface area contributed by atoms with Crippen molar-refractivity contribution in [2.45, 2.75) is 38.6 Å². The van der Waals surface area contributed by atoms with Crippen molar-refractivity contribution in [1.29, 1.82) is 0 Å². The summed E-state index contributed by atoms with van der Waals surface area (Å²) in [6, 6.07) is 7.64. The fourth-order valence-electron chi connectivity index (χ4n) is 4.30. The van der Waals surface area contributed by atoms with E-state index in [1.54, 1.807) is 12.1 Å². The summed E-state index contributed by atoms with van der Waals surface area (Å²) in [5, 5.41) is 12.8. The highest BCUT2D eigenvalue weighted by Gasteiger charge is 2.39. The molecule has 4 nitrogen and oxygen atoms in total. The third-order valence-electron chi connectivity index (χ3n) is 6.24. The molecule has 0 bridgehead atoms. The Labute approximate surface area is 178 Å². The number of halogens is 3. The highest BCUT2D eigenvalue weighted by Crippen LogP contribution is 2.48. The minimum atomic E-state index is -0.694. The maximum absolute atomic E-state index is 14.4. The maximum atomic E-state index is 14.4. The number of aliphatic hydroxyl groups excluding tert-OH is 1. The average Bonchev–Trinajstić information content (AvgIpc) is 3.05. The smallest absolute Gasteiger partial charge is 0.223 e. The minimum Gasteiger partial charge on any atom is -0.394 e. The summed E-state index contributed by atoms with van der Waals surface area (Å²) in [4.78, 5) is 15.6. The second-order valence-electron chi connectivity index (χ2n) is 8.64. The van der Waals surface area contributed by atoms with E-state index in [4.69, 9.17) is 0 Å². The van der Waals surface area contributed by atoms with Gasteiger partial charge in [0.2, 0.25) is 5.91 Å². The van der Waals surface area contributed by atoms with Gasteiger partial charge in [0.15, 0.2) is 0 Å². The Morgan fingerprint density at radius 2 is 1.81 bits per heavy atom. The Hall–Kier alpha value is -2.80. The van der Waals surface area contributed by atoms with Gasteiger partial charge in [0.25, 0.3) is 0 Å². The van der Waals surface area contributed by atoms with E-state index >= 15 is 0 Å². The molecule has 0 spiro atoms. The molecular weight excluding hydrogens is 405 g/mol. The van der Waals surface area contributed by atoms with Crippen LogP contribution in [0.4, 0.5) is 13.2 Å². The zero-order valence-electron chi connectivity index (χ0n) is 17.4. The van der Waals surface area contributed by atoms with Gasteiger partial charge in [-0.25, -0.2) is 13.2 Å². The third-order valence-corrected chi connectivity index (χ3v) is 6.24. The van der Waals surface area contributed by atoms with Crippen molar-refractivity contribution < 1.29 is 23.1 Å². The van der Waals surface area contributed by atoms with Gasteiger partial charge in [0, 0.05) is 17.4 Å². The van der Waals surface area contributed by atoms with E-state index in [0.29, 0.717) is 29.5 Å². The molecular formula is C24H25F3N2O2. The first-order valence-electron chi connectivity index (χ1n) is 10.5. The van der Waals surface area contributed by atoms with Crippen LogP contribution in [-0.2, 0) is 4.79 Å². The van der Waals surface area contributed by atoms with E-state index in [-0.39, 0.29) is 47.6 Å². The number of aromatic amines is 1. The molecule has 3 N–H and O–H groups in total. The predicted molar refractivity (Wildman–Crippen MR) is 113 cm³/mol. The number of nitrogens with one attached hydrogen (secondary N) is 2. The van der Waals surface area contributed by atoms with E-state index in [1.165, 1.54) is 18.2 Å². The zero-order valence-corrected chi connectivity index (χ0v) is 17.4. The third kappa shape index (κ3) is 4.06. The normalized spacial score (nSPS) is 19.5. The molecule has 3 aromatic rings. The van der Waals surface area contributed by atoms with E-state index in [9.17, 15) is 23.1 Å². The molecule has 1 fully saturated rings. The molecule has 164 valence electrons. The summed E-state index contributed by atoms with van der Waals surface area (Å²) in [6.07, 6.45) is 1.06. The molecule has 1 aliphatic carbocycles. The van der Waals surface area contributed by atoms with Gasteiger partial charge in [0.05, 0.1) is 23.9 Å². The molecule has 1 unspecified atom stereocenters. The number of carbonyl (C=O) groups excluding carboxylic acids is 1. The van der Waals surface area contributed by atoms with Gasteiger partial charge in [-0.05, 0) is 66.1 Å². The van der Waals surface area contributed by atoms with Crippen LogP contribution in [-0.4, -0.2) is 28.6 Å². The van der Waals surface area contributed by atoms with Crippen LogP contribution < -0.4 is 5.32 Å². The Bertz CT molecular complexity index is 1100. The first kappa shape index (κ1) is 21.4. The van der Waals surface area contributed by atoms with Crippen molar-refractivity contribution in [2.75, 3.05) is 6.61 Å². The molecule has 0 saturated heterocycles. The number of fused-ring (bicyclic) bond motifs is 1. The van der Waals surface area contributed by atoms with Gasteiger partial charge in [-0.1, -0.05) is 13.8 Å². The van der Waals surface area contributed by atoms with Crippen LogP contribution >= 0.6 is 0 Å². The Kier molecular flexibility index (Phi) is 5.79. The maximum Gasteiger partial charge on any atom is 0.223 e. The van der Waals surface area contributed by atoms with Crippen LogP contribution in [0, 0.1) is 29.3 Å². The fraction of sp³-hybridized carbons (Fsp3) is 0.375. The van der Waals surface area contributed by atoms with Gasteiger partial charge < -0.3 is 15.4 Å². The van der Waals surface area contributed by atoms with Crippen LogP contribution in [0.25, 0.3) is 22.2 Å². The lowest BCUT2D eigenvalue weighted by molar-refractivity contribution is -0.129. The van der Waals surface area contributed by atoms with E-state index in [0.717, 1.165) is 11.6 Å². The molecule has 1 heterocycles. The molecule has 1 amide bonds. The number of hydrogen-bond acceptors (Lipinski definition) is 2. The number of aliphatic hydroxyl groups is 1. The number of amides is 1. The molecule has 1 aromatic heterocycles. The number of H-pyrrole nitrogens is 1. The SMILES string of the molecule is CC(C)C(CO)NC(=O)[C@H]1C[C@H](c2c(-c3ccc(F)cc3)[nH]c3c(F)cc(F)cc32)C1. The molecule has 1 aliphatic rings. The highest BCUT2D eigenvalue weighted by atomic mass is 19.1. The van der Waals surface area contributed by atoms with Crippen molar-refractivity contribution in [3.63, 3.8) is 0 Å². The van der Waals surface area contributed by atoms with Crippen molar-refractivity contribution in [2.24, 2.45) is 11.8 Å². The largest absolute Gasteiger partial charge is 0.394 e. The van der Waals surface area contributed by atoms with Crippen LogP contribution in [0.15, 0.2) is 36.4 Å². The summed E-state index contributed by atoms with van der Waals surface area (Å²) in [6.45, 7) is 3.72. The first-order chi connectivity index (χ1) is 14.8. The van der Waals surface area contributed by atoms with Gasteiger partial charge in [-0.2, -0.15) is 0 Å². The second kappa shape index (κ2) is 8.38. The van der Waals surface area contributed by atoms with Crippen molar-refractivity contribution in [3.8, 4) is 11.3 Å². The van der Waals surface area contributed by atoms with Gasteiger partial charge in [0.1, 0.15) is 17.5 Å². The number of rotatable bonds is 6. The van der Waals surface area contributed by atoms with E-state index in [2.05, 4.69) is 10.3 Å². The number of hydrogen-bond donors (Lipinski definition) is 3. The summed E-state index contributed by atoms with van der Waals surface area (Å²) in [5.74, 6) is -2.07. The molecule has 0 radical (unpaired) electrons. The van der Waals surface area contributed by atoms with Crippen molar-refractivity contribution in [3.05, 3.63) is 59.4 Å². The molecule has 31 heavy (non-hydrogen) atoms. The van der Waals surface area contributed by atoms with Gasteiger partial charge in [-0.3, -0.25) is 4.79 Å². The molecule has 1 saturated carbocycles. The molecule has 2 aromatic carbocycles. The lowest BCUT2D eigenvalue weighted by atomic mass is 9.69. The fourth-order valence-corrected chi connectivity index (χ4v) is 4.30. The van der Waals surface area contributed by atoms with Crippen molar-refractivity contribution in [1.82, 2.24) is 10.3 Å². The molecule has 1 atom stereocenters. The van der Waals surface area contributed by atoms with Crippen molar-refractivity contribution >= 4 is 16.8 Å². The van der Waals surface area contributed by atoms with Crippen LogP contribution in [0.3, 0.4) is 0 Å². The number of aromatic nitrogens is 1. The Balaban J connectivity index is 1.65. The summed E-state index contributed by atoms with van der Waals surface area (Å²) < 4.78 is 41.9. The lowest BCUT2D eigenvalue weighted by Crippen LogP contribution is -2.46. The summed E-state index contributed by atoms with van der Waals surface area (Å²) in [5.41, 5.74) is 2.22. The minimum absolute atomic E-state index is 0.0719. The van der Waals surface area contributed by atoms with Gasteiger partial charge in [-0.15, -0.1) is 0 Å². The monoisotopic (exact) mass is 430 g/mol. The Morgan fingerprint density at radius 3 is 2.42 bits per heavy atom. The average molecular weight is 430 g/mol. The predicted octanol–water partition coefficient (Wildman–Crippen LogP) is 4.88. The van der Waals surface area contributed by atoms with Crippen LogP contribution in [0.5, 0.6) is 0 Å². The highest BCUT2D eigenvalue weighted by molar-refractivity contribution is 5.92. The zero-order chi connectivity index (χ0) is 22.3. The quantitative estimate of drug-likeness (QED) is 0.522.